The van der Waals surface area contributed by atoms with Crippen molar-refractivity contribution in [3.05, 3.63) is 35.9 Å². The van der Waals surface area contributed by atoms with Crippen LogP contribution in [0.4, 0.5) is 0 Å². The van der Waals surface area contributed by atoms with Gasteiger partial charge in [0, 0.05) is 5.56 Å². The normalized spacial score (nSPS) is 18.2. The van der Waals surface area contributed by atoms with Gasteiger partial charge < -0.3 is 5.73 Å². The molecular formula is C13H15NO2. The van der Waals surface area contributed by atoms with Crippen LogP contribution in [0.3, 0.4) is 0 Å². The average Bonchev–Trinajstić information content (AvgIpc) is 2.79. The molecule has 1 aromatic rings. The maximum absolute atomic E-state index is 12.3. The summed E-state index contributed by atoms with van der Waals surface area (Å²) >= 11 is 0. The lowest BCUT2D eigenvalue weighted by Gasteiger charge is -2.23. The number of primary amides is 1. The Labute approximate surface area is 94.6 Å². The number of hydrogen-bond donors (Lipinski definition) is 1. The Balaban J connectivity index is 2.36. The molecule has 0 spiro atoms. The largest absolute Gasteiger partial charge is 0.369 e. The summed E-state index contributed by atoms with van der Waals surface area (Å²) < 4.78 is 0. The number of benzene rings is 1. The Morgan fingerprint density at radius 2 is 1.62 bits per heavy atom. The smallest absolute Gasteiger partial charge is 0.231 e. The quantitative estimate of drug-likeness (QED) is 0.621. The van der Waals surface area contributed by atoms with Gasteiger partial charge in [0.25, 0.3) is 0 Å². The van der Waals surface area contributed by atoms with Crippen LogP contribution in [0.2, 0.25) is 0 Å². The summed E-state index contributed by atoms with van der Waals surface area (Å²) in [6.45, 7) is 0. The van der Waals surface area contributed by atoms with Crippen LogP contribution in [-0.4, -0.2) is 11.7 Å². The van der Waals surface area contributed by atoms with Gasteiger partial charge in [0.2, 0.25) is 5.91 Å². The molecule has 16 heavy (non-hydrogen) atoms. The fourth-order valence-corrected chi connectivity index (χ4v) is 2.43. The molecule has 0 radical (unpaired) electrons. The summed E-state index contributed by atoms with van der Waals surface area (Å²) in [7, 11) is 0. The van der Waals surface area contributed by atoms with E-state index in [0.29, 0.717) is 18.4 Å². The van der Waals surface area contributed by atoms with Crippen molar-refractivity contribution in [3.8, 4) is 0 Å². The van der Waals surface area contributed by atoms with Crippen LogP contribution in [0.5, 0.6) is 0 Å². The van der Waals surface area contributed by atoms with E-state index in [1.165, 1.54) is 0 Å². The predicted molar refractivity (Wildman–Crippen MR) is 60.9 cm³/mol. The van der Waals surface area contributed by atoms with Crippen LogP contribution in [0.15, 0.2) is 30.3 Å². The average molecular weight is 217 g/mol. The predicted octanol–water partition coefficient (Wildman–Crippen LogP) is 1.91. The molecule has 3 heteroatoms. The maximum atomic E-state index is 12.3. The number of Topliss-reactive ketones (excluding diaryl/α,β-unsaturated/α-hetero) is 1. The number of rotatable bonds is 3. The summed E-state index contributed by atoms with van der Waals surface area (Å²) in [5, 5.41) is 0. The first-order valence-electron chi connectivity index (χ1n) is 5.56. The fourth-order valence-electron chi connectivity index (χ4n) is 2.43. The minimum atomic E-state index is -0.943. The van der Waals surface area contributed by atoms with Gasteiger partial charge in [-0.25, -0.2) is 0 Å². The van der Waals surface area contributed by atoms with Crippen molar-refractivity contribution in [2.24, 2.45) is 11.1 Å². The zero-order chi connectivity index (χ0) is 11.6. The van der Waals surface area contributed by atoms with Gasteiger partial charge in [-0.2, -0.15) is 0 Å². The molecular weight excluding hydrogens is 202 g/mol. The van der Waals surface area contributed by atoms with Crippen LogP contribution in [0.1, 0.15) is 36.0 Å². The molecule has 0 unspecified atom stereocenters. The molecule has 1 saturated carbocycles. The maximum Gasteiger partial charge on any atom is 0.231 e. The molecule has 3 nitrogen and oxygen atoms in total. The van der Waals surface area contributed by atoms with Crippen molar-refractivity contribution >= 4 is 11.7 Å². The third-order valence-corrected chi connectivity index (χ3v) is 3.40. The molecule has 0 bridgehead atoms. The van der Waals surface area contributed by atoms with Gasteiger partial charge in [-0.3, -0.25) is 9.59 Å². The SMILES string of the molecule is NC(=O)C1(C(=O)c2ccccc2)CCCC1. The van der Waals surface area contributed by atoms with E-state index in [1.807, 2.05) is 6.07 Å². The topological polar surface area (TPSA) is 60.2 Å². The van der Waals surface area contributed by atoms with Crippen LogP contribution >= 0.6 is 0 Å². The molecule has 0 atom stereocenters. The monoisotopic (exact) mass is 217 g/mol. The van der Waals surface area contributed by atoms with Crippen molar-refractivity contribution in [3.63, 3.8) is 0 Å². The van der Waals surface area contributed by atoms with Crippen LogP contribution in [0.25, 0.3) is 0 Å². The number of amides is 1. The lowest BCUT2D eigenvalue weighted by Crippen LogP contribution is -2.41. The van der Waals surface area contributed by atoms with Crippen molar-refractivity contribution < 1.29 is 9.59 Å². The fraction of sp³-hybridized carbons (Fsp3) is 0.385. The van der Waals surface area contributed by atoms with Crippen molar-refractivity contribution in [2.75, 3.05) is 0 Å². The van der Waals surface area contributed by atoms with Crippen molar-refractivity contribution in [2.45, 2.75) is 25.7 Å². The first-order valence-corrected chi connectivity index (χ1v) is 5.56. The minimum Gasteiger partial charge on any atom is -0.369 e. The standard InChI is InChI=1S/C13H15NO2/c14-12(16)13(8-4-5-9-13)11(15)10-6-2-1-3-7-10/h1-3,6-7H,4-5,8-9H2,(H2,14,16). The van der Waals surface area contributed by atoms with E-state index in [-0.39, 0.29) is 5.78 Å². The Morgan fingerprint density at radius 3 is 2.12 bits per heavy atom. The van der Waals surface area contributed by atoms with Crippen LogP contribution in [-0.2, 0) is 4.79 Å². The third-order valence-electron chi connectivity index (χ3n) is 3.40. The van der Waals surface area contributed by atoms with E-state index in [0.717, 1.165) is 12.8 Å². The lowest BCUT2D eigenvalue weighted by molar-refractivity contribution is -0.125. The molecule has 0 heterocycles. The molecule has 1 fully saturated rings. The summed E-state index contributed by atoms with van der Waals surface area (Å²) in [4.78, 5) is 23.8. The van der Waals surface area contributed by atoms with Gasteiger partial charge in [-0.1, -0.05) is 43.2 Å². The summed E-state index contributed by atoms with van der Waals surface area (Å²) in [6.07, 6.45) is 3.00. The van der Waals surface area contributed by atoms with Gasteiger partial charge >= 0.3 is 0 Å². The van der Waals surface area contributed by atoms with E-state index < -0.39 is 11.3 Å². The Kier molecular flexibility index (Phi) is 2.77. The van der Waals surface area contributed by atoms with E-state index in [1.54, 1.807) is 24.3 Å². The minimum absolute atomic E-state index is 0.113. The molecule has 2 N–H and O–H groups in total. The van der Waals surface area contributed by atoms with Gasteiger partial charge in [0.1, 0.15) is 5.41 Å². The summed E-state index contributed by atoms with van der Waals surface area (Å²) in [5.74, 6) is -0.586. The number of carbonyl (C=O) groups is 2. The Morgan fingerprint density at radius 1 is 1.06 bits per heavy atom. The number of ketones is 1. The number of carbonyl (C=O) groups excluding carboxylic acids is 2. The third kappa shape index (κ3) is 1.62. The van der Waals surface area contributed by atoms with Gasteiger partial charge in [-0.15, -0.1) is 0 Å². The molecule has 1 amide bonds. The first kappa shape index (κ1) is 10.9. The van der Waals surface area contributed by atoms with Crippen molar-refractivity contribution in [1.29, 1.82) is 0 Å². The van der Waals surface area contributed by atoms with Gasteiger partial charge in [-0.05, 0) is 12.8 Å². The lowest BCUT2D eigenvalue weighted by atomic mass is 9.78. The highest BCUT2D eigenvalue weighted by Gasteiger charge is 2.46. The van der Waals surface area contributed by atoms with E-state index in [9.17, 15) is 9.59 Å². The molecule has 0 aromatic heterocycles. The molecule has 1 aromatic carbocycles. The zero-order valence-corrected chi connectivity index (χ0v) is 9.11. The van der Waals surface area contributed by atoms with Gasteiger partial charge in [0.15, 0.2) is 5.78 Å². The molecule has 1 aliphatic rings. The molecule has 0 saturated heterocycles. The molecule has 84 valence electrons. The van der Waals surface area contributed by atoms with E-state index >= 15 is 0 Å². The first-order chi connectivity index (χ1) is 7.67. The van der Waals surface area contributed by atoms with Crippen molar-refractivity contribution in [1.82, 2.24) is 0 Å². The van der Waals surface area contributed by atoms with E-state index in [2.05, 4.69) is 0 Å². The summed E-state index contributed by atoms with van der Waals surface area (Å²) in [6, 6.07) is 8.94. The zero-order valence-electron chi connectivity index (χ0n) is 9.11. The second-order valence-electron chi connectivity index (χ2n) is 4.35. The second-order valence-corrected chi connectivity index (χ2v) is 4.35. The highest BCUT2D eigenvalue weighted by Crippen LogP contribution is 2.40. The number of nitrogens with two attached hydrogens (primary N) is 1. The number of hydrogen-bond acceptors (Lipinski definition) is 2. The Bertz CT molecular complexity index is 405. The van der Waals surface area contributed by atoms with E-state index in [4.69, 9.17) is 5.73 Å². The highest BCUT2D eigenvalue weighted by molar-refractivity contribution is 6.13. The molecule has 0 aliphatic heterocycles. The molecule has 1 aliphatic carbocycles. The summed E-state index contributed by atoms with van der Waals surface area (Å²) in [5.41, 5.74) is 5.05. The van der Waals surface area contributed by atoms with Crippen LogP contribution < -0.4 is 5.73 Å². The van der Waals surface area contributed by atoms with Gasteiger partial charge in [0.05, 0.1) is 0 Å². The second kappa shape index (κ2) is 4.08. The molecule has 2 rings (SSSR count). The van der Waals surface area contributed by atoms with Crippen LogP contribution in [0, 0.1) is 5.41 Å². The highest BCUT2D eigenvalue weighted by atomic mass is 16.2. The Hall–Kier alpha value is -1.64.